The second kappa shape index (κ2) is 5.47. The largest absolute Gasteiger partial charge is 0.333 e. The maximum Gasteiger partial charge on any atom is 0.270 e. The predicted molar refractivity (Wildman–Crippen MR) is 84.6 cm³/mol. The highest BCUT2D eigenvalue weighted by atomic mass is 32.1. The highest BCUT2D eigenvalue weighted by Crippen LogP contribution is 2.40. The van der Waals surface area contributed by atoms with Gasteiger partial charge in [-0.05, 0) is 30.4 Å². The summed E-state index contributed by atoms with van der Waals surface area (Å²) in [7, 11) is 0. The van der Waals surface area contributed by atoms with Gasteiger partial charge in [0.1, 0.15) is 4.88 Å². The topological polar surface area (TPSA) is 101 Å². The Balaban J connectivity index is 1.59. The van der Waals surface area contributed by atoms with Gasteiger partial charge in [0, 0.05) is 23.7 Å². The Hall–Kier alpha value is -2.74. The number of rotatable bonds is 4. The average molecular weight is 328 g/mol. The van der Waals surface area contributed by atoms with E-state index in [-0.39, 0.29) is 17.0 Å². The van der Waals surface area contributed by atoms with E-state index in [4.69, 9.17) is 4.52 Å². The highest BCUT2D eigenvalue weighted by molar-refractivity contribution is 7.14. The van der Waals surface area contributed by atoms with Gasteiger partial charge in [-0.1, -0.05) is 5.16 Å². The minimum absolute atomic E-state index is 0.287. The van der Waals surface area contributed by atoms with Gasteiger partial charge in [-0.15, -0.1) is 11.3 Å². The maximum absolute atomic E-state index is 12.2. The van der Waals surface area contributed by atoms with Gasteiger partial charge < -0.3 is 14.8 Å². The van der Waals surface area contributed by atoms with Gasteiger partial charge in [0.25, 0.3) is 11.8 Å². The summed E-state index contributed by atoms with van der Waals surface area (Å²) in [5.74, 6) is 1.17. The van der Waals surface area contributed by atoms with Gasteiger partial charge in [-0.3, -0.25) is 9.59 Å². The van der Waals surface area contributed by atoms with E-state index in [9.17, 15) is 9.59 Å². The molecule has 0 aliphatic heterocycles. The first kappa shape index (κ1) is 13.9. The van der Waals surface area contributed by atoms with Crippen LogP contribution in [0.3, 0.4) is 0 Å². The second-order valence-corrected chi connectivity index (χ2v) is 6.21. The Morgan fingerprint density at radius 3 is 3.04 bits per heavy atom. The molecule has 1 amide bonds. The Bertz CT molecular complexity index is 922. The van der Waals surface area contributed by atoms with Crippen LogP contribution in [0.4, 0.5) is 5.69 Å². The van der Waals surface area contributed by atoms with E-state index in [1.165, 1.54) is 23.6 Å². The summed E-state index contributed by atoms with van der Waals surface area (Å²) in [6.45, 7) is 0. The van der Waals surface area contributed by atoms with E-state index in [0.29, 0.717) is 22.4 Å². The summed E-state index contributed by atoms with van der Waals surface area (Å²) in [6.07, 6.45) is 3.62. The highest BCUT2D eigenvalue weighted by Gasteiger charge is 2.29. The van der Waals surface area contributed by atoms with Crippen LogP contribution in [0.15, 0.2) is 39.1 Å². The van der Waals surface area contributed by atoms with Crippen molar-refractivity contribution in [2.24, 2.45) is 0 Å². The molecule has 3 aromatic rings. The summed E-state index contributed by atoms with van der Waals surface area (Å²) in [4.78, 5) is 31.1. The molecule has 23 heavy (non-hydrogen) atoms. The van der Waals surface area contributed by atoms with Crippen molar-refractivity contribution in [3.8, 4) is 10.8 Å². The van der Waals surface area contributed by atoms with Crippen LogP contribution in [0.2, 0.25) is 0 Å². The van der Waals surface area contributed by atoms with Gasteiger partial charge in [0.05, 0.1) is 5.69 Å². The molecule has 1 saturated carbocycles. The summed E-state index contributed by atoms with van der Waals surface area (Å²) in [5, 5.41) is 8.60. The molecule has 0 aromatic carbocycles. The van der Waals surface area contributed by atoms with Crippen molar-refractivity contribution in [3.63, 3.8) is 0 Å². The lowest BCUT2D eigenvalue weighted by Gasteiger charge is -2.04. The number of nitrogens with one attached hydrogen (secondary N) is 2. The monoisotopic (exact) mass is 328 g/mol. The van der Waals surface area contributed by atoms with E-state index >= 15 is 0 Å². The minimum Gasteiger partial charge on any atom is -0.333 e. The van der Waals surface area contributed by atoms with Gasteiger partial charge >= 0.3 is 0 Å². The number of thiophene rings is 1. The molecule has 0 radical (unpaired) electrons. The number of aromatic amines is 1. The number of carbonyl (C=O) groups excluding carboxylic acids is 1. The number of carbonyl (C=O) groups is 1. The van der Waals surface area contributed by atoms with Gasteiger partial charge in [-0.2, -0.15) is 4.98 Å². The smallest absolute Gasteiger partial charge is 0.270 e. The van der Waals surface area contributed by atoms with Gasteiger partial charge in [-0.25, -0.2) is 0 Å². The summed E-state index contributed by atoms with van der Waals surface area (Å²) in [5.41, 5.74) is 0.551. The van der Waals surface area contributed by atoms with Crippen molar-refractivity contribution in [2.45, 2.75) is 18.8 Å². The third-order valence-electron chi connectivity index (χ3n) is 3.53. The van der Waals surface area contributed by atoms with Crippen LogP contribution in [0.1, 0.15) is 34.9 Å². The van der Waals surface area contributed by atoms with Gasteiger partial charge in [0.15, 0.2) is 5.82 Å². The van der Waals surface area contributed by atoms with Crippen LogP contribution in [-0.4, -0.2) is 21.0 Å². The van der Waals surface area contributed by atoms with Crippen molar-refractivity contribution < 1.29 is 9.32 Å². The van der Waals surface area contributed by atoms with E-state index in [2.05, 4.69) is 20.4 Å². The second-order valence-electron chi connectivity index (χ2n) is 5.29. The lowest BCUT2D eigenvalue weighted by Crippen LogP contribution is -2.15. The third kappa shape index (κ3) is 2.80. The number of hydrogen-bond donors (Lipinski definition) is 2. The quantitative estimate of drug-likeness (QED) is 0.766. The molecule has 7 nitrogen and oxygen atoms in total. The predicted octanol–water partition coefficient (Wildman–Crippen LogP) is 2.62. The van der Waals surface area contributed by atoms with E-state index < -0.39 is 0 Å². The molecule has 116 valence electrons. The van der Waals surface area contributed by atoms with Crippen LogP contribution in [0.25, 0.3) is 10.8 Å². The van der Waals surface area contributed by atoms with E-state index in [1.807, 2.05) is 5.38 Å². The van der Waals surface area contributed by atoms with Crippen molar-refractivity contribution in [3.05, 3.63) is 51.5 Å². The van der Waals surface area contributed by atoms with E-state index in [1.54, 1.807) is 12.1 Å². The fraction of sp³-hybridized carbons (Fsp3) is 0.200. The molecule has 4 rings (SSSR count). The molecule has 1 aliphatic carbocycles. The molecule has 2 N–H and O–H groups in total. The lowest BCUT2D eigenvalue weighted by molar-refractivity contribution is 0.102. The molecule has 8 heteroatoms. The van der Waals surface area contributed by atoms with Crippen molar-refractivity contribution in [2.75, 3.05) is 5.32 Å². The molecule has 0 saturated heterocycles. The first-order chi connectivity index (χ1) is 11.2. The molecular weight excluding hydrogens is 316 g/mol. The average Bonchev–Trinajstić information content (AvgIpc) is 3.10. The molecule has 0 bridgehead atoms. The van der Waals surface area contributed by atoms with Crippen molar-refractivity contribution in [1.82, 2.24) is 15.1 Å². The number of pyridine rings is 1. The Labute approximate surface area is 134 Å². The zero-order valence-electron chi connectivity index (χ0n) is 11.9. The van der Waals surface area contributed by atoms with Crippen molar-refractivity contribution >= 4 is 22.9 Å². The lowest BCUT2D eigenvalue weighted by atomic mass is 10.2. The summed E-state index contributed by atoms with van der Waals surface area (Å²) in [6, 6.07) is 4.56. The molecule has 1 fully saturated rings. The Morgan fingerprint density at radius 1 is 1.39 bits per heavy atom. The fourth-order valence-corrected chi connectivity index (χ4v) is 2.96. The molecule has 0 spiro atoms. The van der Waals surface area contributed by atoms with Crippen LogP contribution < -0.4 is 10.9 Å². The summed E-state index contributed by atoms with van der Waals surface area (Å²) < 4.78 is 5.30. The van der Waals surface area contributed by atoms with Crippen LogP contribution >= 0.6 is 11.3 Å². The summed E-state index contributed by atoms with van der Waals surface area (Å²) >= 11 is 1.41. The zero-order valence-corrected chi connectivity index (χ0v) is 12.7. The first-order valence-corrected chi connectivity index (χ1v) is 8.00. The zero-order chi connectivity index (χ0) is 15.8. The normalized spacial score (nSPS) is 13.9. The minimum atomic E-state index is -0.363. The number of amides is 1. The Kier molecular flexibility index (Phi) is 3.30. The van der Waals surface area contributed by atoms with Gasteiger partial charge in [0.2, 0.25) is 5.56 Å². The number of H-pyrrole nitrogens is 1. The molecule has 1 aliphatic rings. The standard InChI is InChI=1S/C15H12N4O3S/c20-11-7-9(3-5-16-11)14(21)17-10-4-6-23-12(10)15-18-13(19-22-15)8-1-2-8/h3-8H,1-2H2,(H,16,20)(H,17,21). The van der Waals surface area contributed by atoms with Crippen LogP contribution in [0, 0.1) is 0 Å². The van der Waals surface area contributed by atoms with Crippen LogP contribution in [0.5, 0.6) is 0 Å². The fourth-order valence-electron chi connectivity index (χ4n) is 2.19. The van der Waals surface area contributed by atoms with E-state index in [0.717, 1.165) is 18.7 Å². The molecule has 0 atom stereocenters. The van der Waals surface area contributed by atoms with Crippen LogP contribution in [-0.2, 0) is 0 Å². The first-order valence-electron chi connectivity index (χ1n) is 7.12. The number of anilines is 1. The third-order valence-corrected chi connectivity index (χ3v) is 4.43. The maximum atomic E-state index is 12.2. The molecule has 3 heterocycles. The van der Waals surface area contributed by atoms with Crippen molar-refractivity contribution in [1.29, 1.82) is 0 Å². The molecule has 3 aromatic heterocycles. The number of nitrogens with zero attached hydrogens (tertiary/aromatic N) is 2. The number of aromatic nitrogens is 3. The number of hydrogen-bond acceptors (Lipinski definition) is 6. The molecule has 0 unspecified atom stereocenters. The Morgan fingerprint density at radius 2 is 2.26 bits per heavy atom. The molecular formula is C15H12N4O3S. The SMILES string of the molecule is O=C(Nc1ccsc1-c1nc(C2CC2)no1)c1cc[nH]c(=O)c1.